The first-order chi connectivity index (χ1) is 8.16. The number of rotatable bonds is 1. The zero-order chi connectivity index (χ0) is 12.0. The van der Waals surface area contributed by atoms with E-state index in [4.69, 9.17) is 5.73 Å². The van der Waals surface area contributed by atoms with Crippen LogP contribution in [0.25, 0.3) is 11.0 Å². The summed E-state index contributed by atoms with van der Waals surface area (Å²) in [5.74, 6) is 1.25. The van der Waals surface area contributed by atoms with E-state index in [2.05, 4.69) is 37.9 Å². The van der Waals surface area contributed by atoms with Crippen molar-refractivity contribution in [1.82, 2.24) is 19.7 Å². The Morgan fingerprint density at radius 1 is 1.41 bits per heavy atom. The van der Waals surface area contributed by atoms with Crippen LogP contribution in [0.15, 0.2) is 10.9 Å². The van der Waals surface area contributed by atoms with Gasteiger partial charge >= 0.3 is 0 Å². The summed E-state index contributed by atoms with van der Waals surface area (Å²) in [7, 11) is 0. The molecule has 17 heavy (non-hydrogen) atoms. The van der Waals surface area contributed by atoms with Crippen molar-refractivity contribution in [1.29, 1.82) is 0 Å². The van der Waals surface area contributed by atoms with Crippen LogP contribution in [0.2, 0.25) is 0 Å². The molecule has 2 aromatic rings. The first kappa shape index (κ1) is 11.0. The van der Waals surface area contributed by atoms with Gasteiger partial charge in [-0.1, -0.05) is 6.92 Å². The van der Waals surface area contributed by atoms with E-state index < -0.39 is 0 Å². The molecule has 2 aromatic heterocycles. The SMILES string of the molecule is CC1CCC(n2nc(Br)c3c(N)ncnc32)C1. The Balaban J connectivity index is 2.14. The Kier molecular flexibility index (Phi) is 2.54. The van der Waals surface area contributed by atoms with E-state index in [1.54, 1.807) is 0 Å². The summed E-state index contributed by atoms with van der Waals surface area (Å²) < 4.78 is 2.74. The number of anilines is 1. The quantitative estimate of drug-likeness (QED) is 0.878. The lowest BCUT2D eigenvalue weighted by atomic mass is 10.1. The molecule has 5 nitrogen and oxygen atoms in total. The number of nitrogens with zero attached hydrogens (tertiary/aromatic N) is 4. The number of halogens is 1. The number of nitrogens with two attached hydrogens (primary N) is 1. The largest absolute Gasteiger partial charge is 0.383 e. The Morgan fingerprint density at radius 2 is 2.24 bits per heavy atom. The van der Waals surface area contributed by atoms with Crippen LogP contribution in [0.1, 0.15) is 32.2 Å². The molecule has 0 amide bonds. The first-order valence-corrected chi connectivity index (χ1v) is 6.60. The smallest absolute Gasteiger partial charge is 0.164 e. The Labute approximate surface area is 108 Å². The van der Waals surface area contributed by atoms with E-state index in [0.717, 1.165) is 34.4 Å². The van der Waals surface area contributed by atoms with E-state index in [9.17, 15) is 0 Å². The third-order valence-electron chi connectivity index (χ3n) is 3.49. The van der Waals surface area contributed by atoms with Gasteiger partial charge in [0.05, 0.1) is 11.4 Å². The molecule has 2 unspecified atom stereocenters. The average molecular weight is 296 g/mol. The lowest BCUT2D eigenvalue weighted by Gasteiger charge is -2.10. The van der Waals surface area contributed by atoms with Crippen LogP contribution in [-0.4, -0.2) is 19.7 Å². The van der Waals surface area contributed by atoms with Crippen LogP contribution in [0.3, 0.4) is 0 Å². The van der Waals surface area contributed by atoms with Crippen molar-refractivity contribution in [2.45, 2.75) is 32.2 Å². The van der Waals surface area contributed by atoms with Gasteiger partial charge in [-0.2, -0.15) is 5.10 Å². The second-order valence-electron chi connectivity index (χ2n) is 4.76. The fraction of sp³-hybridized carbons (Fsp3) is 0.545. The standard InChI is InChI=1S/C11H14BrN5/c1-6-2-3-7(4-6)17-11-8(9(12)16-17)10(13)14-5-15-11/h5-7H,2-4H2,1H3,(H2,13,14,15). The second kappa shape index (κ2) is 3.94. The predicted molar refractivity (Wildman–Crippen MR) is 69.5 cm³/mol. The van der Waals surface area contributed by atoms with Crippen molar-refractivity contribution in [2.24, 2.45) is 5.92 Å². The van der Waals surface area contributed by atoms with Crippen molar-refractivity contribution < 1.29 is 0 Å². The molecule has 90 valence electrons. The van der Waals surface area contributed by atoms with Crippen LogP contribution < -0.4 is 5.73 Å². The molecule has 1 aliphatic carbocycles. The van der Waals surface area contributed by atoms with Gasteiger partial charge in [0.15, 0.2) is 5.65 Å². The Morgan fingerprint density at radius 3 is 2.94 bits per heavy atom. The highest BCUT2D eigenvalue weighted by Gasteiger charge is 2.26. The molecule has 0 radical (unpaired) electrons. The summed E-state index contributed by atoms with van der Waals surface area (Å²) in [5, 5.41) is 5.34. The third-order valence-corrected chi connectivity index (χ3v) is 4.04. The van der Waals surface area contributed by atoms with Gasteiger partial charge < -0.3 is 5.73 Å². The maximum absolute atomic E-state index is 5.86. The molecule has 0 aromatic carbocycles. The molecule has 0 bridgehead atoms. The summed E-state index contributed by atoms with van der Waals surface area (Å²) in [4.78, 5) is 8.32. The molecule has 1 fully saturated rings. The lowest BCUT2D eigenvalue weighted by Crippen LogP contribution is -2.08. The molecule has 0 aliphatic heterocycles. The highest BCUT2D eigenvalue weighted by molar-refractivity contribution is 9.10. The van der Waals surface area contributed by atoms with Gasteiger partial charge in [0.2, 0.25) is 0 Å². The average Bonchev–Trinajstić information content (AvgIpc) is 2.84. The van der Waals surface area contributed by atoms with Crippen LogP contribution in [0.4, 0.5) is 5.82 Å². The van der Waals surface area contributed by atoms with Crippen molar-refractivity contribution in [3.8, 4) is 0 Å². The van der Waals surface area contributed by atoms with Gasteiger partial charge in [-0.15, -0.1) is 0 Å². The van der Waals surface area contributed by atoms with E-state index in [0.29, 0.717) is 11.9 Å². The van der Waals surface area contributed by atoms with Gasteiger partial charge in [-0.25, -0.2) is 14.6 Å². The third kappa shape index (κ3) is 1.71. The molecule has 2 atom stereocenters. The number of nitrogen functional groups attached to an aromatic ring is 1. The van der Waals surface area contributed by atoms with Gasteiger partial charge in [0.25, 0.3) is 0 Å². The van der Waals surface area contributed by atoms with E-state index in [1.165, 1.54) is 12.7 Å². The minimum atomic E-state index is 0.438. The second-order valence-corrected chi connectivity index (χ2v) is 5.52. The molecule has 3 rings (SSSR count). The molecule has 1 aliphatic rings. The van der Waals surface area contributed by atoms with E-state index in [-0.39, 0.29) is 0 Å². The van der Waals surface area contributed by atoms with E-state index >= 15 is 0 Å². The fourth-order valence-electron chi connectivity index (χ4n) is 2.61. The fourth-order valence-corrected chi connectivity index (χ4v) is 3.16. The zero-order valence-electron chi connectivity index (χ0n) is 9.60. The normalized spacial score (nSPS) is 24.6. The van der Waals surface area contributed by atoms with Crippen molar-refractivity contribution >= 4 is 32.8 Å². The van der Waals surface area contributed by atoms with E-state index in [1.807, 2.05) is 4.68 Å². The van der Waals surface area contributed by atoms with Crippen LogP contribution in [0, 0.1) is 5.92 Å². The summed E-state index contributed by atoms with van der Waals surface area (Å²) in [6.45, 7) is 2.28. The summed E-state index contributed by atoms with van der Waals surface area (Å²) in [6, 6.07) is 0.438. The predicted octanol–water partition coefficient (Wildman–Crippen LogP) is 2.53. The molecule has 2 heterocycles. The van der Waals surface area contributed by atoms with Gasteiger partial charge in [0, 0.05) is 0 Å². The minimum absolute atomic E-state index is 0.438. The van der Waals surface area contributed by atoms with Gasteiger partial charge in [0.1, 0.15) is 16.7 Å². The minimum Gasteiger partial charge on any atom is -0.383 e. The topological polar surface area (TPSA) is 69.6 Å². The summed E-state index contributed by atoms with van der Waals surface area (Å²) in [6.07, 6.45) is 5.08. The summed E-state index contributed by atoms with van der Waals surface area (Å²) >= 11 is 3.44. The lowest BCUT2D eigenvalue weighted by molar-refractivity contribution is 0.458. The number of hydrogen-bond acceptors (Lipinski definition) is 4. The molecule has 1 saturated carbocycles. The molecule has 0 saturated heterocycles. The maximum atomic E-state index is 5.86. The first-order valence-electron chi connectivity index (χ1n) is 5.81. The van der Waals surface area contributed by atoms with Crippen molar-refractivity contribution in [3.63, 3.8) is 0 Å². The van der Waals surface area contributed by atoms with Crippen LogP contribution in [-0.2, 0) is 0 Å². The van der Waals surface area contributed by atoms with Gasteiger partial charge in [-0.3, -0.25) is 0 Å². The highest BCUT2D eigenvalue weighted by Crippen LogP contribution is 2.37. The Bertz CT molecular complexity index is 564. The molecule has 2 N–H and O–H groups in total. The number of hydrogen-bond donors (Lipinski definition) is 1. The molecular formula is C11H14BrN5. The number of aromatic nitrogens is 4. The van der Waals surface area contributed by atoms with Crippen LogP contribution in [0.5, 0.6) is 0 Å². The van der Waals surface area contributed by atoms with Crippen molar-refractivity contribution in [3.05, 3.63) is 10.9 Å². The van der Waals surface area contributed by atoms with Crippen LogP contribution >= 0.6 is 15.9 Å². The maximum Gasteiger partial charge on any atom is 0.164 e. The Hall–Kier alpha value is -1.17. The molecule has 6 heteroatoms. The number of fused-ring (bicyclic) bond motifs is 1. The van der Waals surface area contributed by atoms with Crippen molar-refractivity contribution in [2.75, 3.05) is 5.73 Å². The monoisotopic (exact) mass is 295 g/mol. The summed E-state index contributed by atoms with van der Waals surface area (Å²) in [5.41, 5.74) is 6.70. The molecular weight excluding hydrogens is 282 g/mol. The van der Waals surface area contributed by atoms with Gasteiger partial charge in [-0.05, 0) is 41.1 Å². The molecule has 0 spiro atoms. The highest BCUT2D eigenvalue weighted by atomic mass is 79.9. The zero-order valence-corrected chi connectivity index (χ0v) is 11.2.